The maximum absolute atomic E-state index is 5.92. The van der Waals surface area contributed by atoms with E-state index in [-0.39, 0.29) is 0 Å². The first-order chi connectivity index (χ1) is 10.2. The van der Waals surface area contributed by atoms with E-state index in [9.17, 15) is 0 Å². The van der Waals surface area contributed by atoms with E-state index in [1.165, 1.54) is 0 Å². The summed E-state index contributed by atoms with van der Waals surface area (Å²) >= 11 is 5.90. The molecule has 5 heteroatoms. The highest BCUT2D eigenvalue weighted by Gasteiger charge is 2.28. The van der Waals surface area contributed by atoms with Crippen molar-refractivity contribution in [2.75, 3.05) is 11.9 Å². The minimum absolute atomic E-state index is 0.482. The first-order valence-electron chi connectivity index (χ1n) is 7.23. The summed E-state index contributed by atoms with van der Waals surface area (Å²) in [7, 11) is 0. The predicted octanol–water partition coefficient (Wildman–Crippen LogP) is 4.54. The Morgan fingerprint density at radius 3 is 2.57 bits per heavy atom. The third-order valence-electron chi connectivity index (χ3n) is 3.43. The van der Waals surface area contributed by atoms with E-state index in [2.05, 4.69) is 22.2 Å². The van der Waals surface area contributed by atoms with Crippen molar-refractivity contribution in [1.82, 2.24) is 9.97 Å². The highest BCUT2D eigenvalue weighted by molar-refractivity contribution is 6.30. The lowest BCUT2D eigenvalue weighted by molar-refractivity contribution is 0.455. The van der Waals surface area contributed by atoms with Crippen molar-refractivity contribution in [3.63, 3.8) is 0 Å². The molecule has 1 N–H and O–H groups in total. The molecule has 1 fully saturated rings. The van der Waals surface area contributed by atoms with Crippen molar-refractivity contribution >= 4 is 17.4 Å². The molecule has 1 aliphatic carbocycles. The van der Waals surface area contributed by atoms with Crippen molar-refractivity contribution in [3.05, 3.63) is 40.7 Å². The molecule has 0 amide bonds. The number of halogens is 1. The lowest BCUT2D eigenvalue weighted by atomic mass is 10.3. The molecular weight excluding hydrogens is 286 g/mol. The van der Waals surface area contributed by atoms with Crippen LogP contribution in [0.4, 0.5) is 5.82 Å². The number of anilines is 1. The third-order valence-corrected chi connectivity index (χ3v) is 3.69. The SMILES string of the molecule is CCNc1nc(C2CC2)nc(Oc2ccc(Cl)cc2)c1C. The number of nitrogens with zero attached hydrogens (tertiary/aromatic N) is 2. The third kappa shape index (κ3) is 3.27. The number of rotatable bonds is 5. The van der Waals surface area contributed by atoms with Gasteiger partial charge in [-0.3, -0.25) is 0 Å². The minimum Gasteiger partial charge on any atom is -0.439 e. The van der Waals surface area contributed by atoms with Gasteiger partial charge in [-0.1, -0.05) is 11.6 Å². The van der Waals surface area contributed by atoms with E-state index in [1.54, 1.807) is 12.1 Å². The predicted molar refractivity (Wildman–Crippen MR) is 84.4 cm³/mol. The lowest BCUT2D eigenvalue weighted by Crippen LogP contribution is -2.07. The molecule has 0 saturated heterocycles. The molecule has 0 radical (unpaired) electrons. The van der Waals surface area contributed by atoms with Crippen LogP contribution in [0.25, 0.3) is 0 Å². The van der Waals surface area contributed by atoms with Crippen LogP contribution in [0.5, 0.6) is 11.6 Å². The summed E-state index contributed by atoms with van der Waals surface area (Å²) in [4.78, 5) is 9.21. The Morgan fingerprint density at radius 1 is 1.24 bits per heavy atom. The highest BCUT2D eigenvalue weighted by Crippen LogP contribution is 2.40. The fourth-order valence-corrected chi connectivity index (χ4v) is 2.22. The van der Waals surface area contributed by atoms with Crippen LogP contribution in [0.1, 0.15) is 37.1 Å². The molecule has 1 saturated carbocycles. The Bertz CT molecular complexity index is 639. The van der Waals surface area contributed by atoms with Gasteiger partial charge in [0, 0.05) is 17.5 Å². The maximum atomic E-state index is 5.92. The fraction of sp³-hybridized carbons (Fsp3) is 0.375. The Balaban J connectivity index is 1.93. The fourth-order valence-electron chi connectivity index (χ4n) is 2.09. The monoisotopic (exact) mass is 303 g/mol. The average molecular weight is 304 g/mol. The first kappa shape index (κ1) is 14.1. The molecule has 1 aliphatic rings. The Morgan fingerprint density at radius 2 is 1.95 bits per heavy atom. The zero-order valence-corrected chi connectivity index (χ0v) is 12.9. The van der Waals surface area contributed by atoms with Gasteiger partial charge in [-0.05, 0) is 51.0 Å². The molecular formula is C16H18ClN3O. The summed E-state index contributed by atoms with van der Waals surface area (Å²) in [5.41, 5.74) is 0.927. The van der Waals surface area contributed by atoms with Gasteiger partial charge in [0.25, 0.3) is 0 Å². The van der Waals surface area contributed by atoms with E-state index >= 15 is 0 Å². The van der Waals surface area contributed by atoms with Crippen LogP contribution in [0.3, 0.4) is 0 Å². The maximum Gasteiger partial charge on any atom is 0.227 e. The molecule has 1 aromatic carbocycles. The van der Waals surface area contributed by atoms with Crippen molar-refractivity contribution in [2.45, 2.75) is 32.6 Å². The van der Waals surface area contributed by atoms with Crippen LogP contribution in [-0.4, -0.2) is 16.5 Å². The molecule has 0 aliphatic heterocycles. The van der Waals surface area contributed by atoms with Gasteiger partial charge in [-0.2, -0.15) is 4.98 Å². The van der Waals surface area contributed by atoms with E-state index < -0.39 is 0 Å². The van der Waals surface area contributed by atoms with Crippen molar-refractivity contribution < 1.29 is 4.74 Å². The number of hydrogen-bond donors (Lipinski definition) is 1. The smallest absolute Gasteiger partial charge is 0.227 e. The number of hydrogen-bond acceptors (Lipinski definition) is 4. The van der Waals surface area contributed by atoms with Gasteiger partial charge < -0.3 is 10.1 Å². The van der Waals surface area contributed by atoms with Gasteiger partial charge >= 0.3 is 0 Å². The van der Waals surface area contributed by atoms with Gasteiger partial charge in [-0.15, -0.1) is 0 Å². The molecule has 4 nitrogen and oxygen atoms in total. The molecule has 110 valence electrons. The molecule has 3 rings (SSSR count). The van der Waals surface area contributed by atoms with Gasteiger partial charge in [-0.25, -0.2) is 4.98 Å². The van der Waals surface area contributed by atoms with E-state index in [0.29, 0.717) is 16.8 Å². The van der Waals surface area contributed by atoms with Crippen LogP contribution >= 0.6 is 11.6 Å². The Labute approximate surface area is 129 Å². The molecule has 21 heavy (non-hydrogen) atoms. The van der Waals surface area contributed by atoms with Crippen molar-refractivity contribution in [2.24, 2.45) is 0 Å². The first-order valence-corrected chi connectivity index (χ1v) is 7.61. The number of aromatic nitrogens is 2. The number of benzene rings is 1. The summed E-state index contributed by atoms with van der Waals surface area (Å²) in [5.74, 6) is 3.56. The number of ether oxygens (including phenoxy) is 1. The topological polar surface area (TPSA) is 47.0 Å². The summed E-state index contributed by atoms with van der Waals surface area (Å²) in [6, 6.07) is 7.29. The molecule has 2 aromatic rings. The van der Waals surface area contributed by atoms with Crippen LogP contribution in [0.15, 0.2) is 24.3 Å². The molecule has 1 aromatic heterocycles. The summed E-state index contributed by atoms with van der Waals surface area (Å²) < 4.78 is 5.92. The lowest BCUT2D eigenvalue weighted by Gasteiger charge is -2.13. The summed E-state index contributed by atoms with van der Waals surface area (Å²) in [5, 5.41) is 3.97. The summed E-state index contributed by atoms with van der Waals surface area (Å²) in [6.07, 6.45) is 2.32. The van der Waals surface area contributed by atoms with E-state index in [1.807, 2.05) is 19.1 Å². The number of nitrogens with one attached hydrogen (secondary N) is 1. The second-order valence-electron chi connectivity index (χ2n) is 5.22. The second kappa shape index (κ2) is 5.90. The Hall–Kier alpha value is -1.81. The zero-order chi connectivity index (χ0) is 14.8. The molecule has 0 unspecified atom stereocenters. The quantitative estimate of drug-likeness (QED) is 0.881. The van der Waals surface area contributed by atoms with Crippen molar-refractivity contribution in [1.29, 1.82) is 0 Å². The summed E-state index contributed by atoms with van der Waals surface area (Å²) in [6.45, 7) is 4.85. The van der Waals surface area contributed by atoms with Gasteiger partial charge in [0.2, 0.25) is 5.88 Å². The normalized spacial score (nSPS) is 14.0. The average Bonchev–Trinajstić information content (AvgIpc) is 3.30. The van der Waals surface area contributed by atoms with Gasteiger partial charge in [0.05, 0.1) is 5.56 Å². The van der Waals surface area contributed by atoms with E-state index in [4.69, 9.17) is 16.3 Å². The largest absolute Gasteiger partial charge is 0.439 e. The molecule has 0 spiro atoms. The zero-order valence-electron chi connectivity index (χ0n) is 12.2. The van der Waals surface area contributed by atoms with E-state index in [0.717, 1.165) is 42.3 Å². The van der Waals surface area contributed by atoms with Crippen LogP contribution in [-0.2, 0) is 0 Å². The molecule has 0 bridgehead atoms. The van der Waals surface area contributed by atoms with Crippen LogP contribution in [0, 0.1) is 6.92 Å². The molecule has 0 atom stereocenters. The minimum atomic E-state index is 0.482. The highest BCUT2D eigenvalue weighted by atomic mass is 35.5. The second-order valence-corrected chi connectivity index (χ2v) is 5.66. The van der Waals surface area contributed by atoms with Crippen molar-refractivity contribution in [3.8, 4) is 11.6 Å². The van der Waals surface area contributed by atoms with Gasteiger partial charge in [0.15, 0.2) is 0 Å². The standard InChI is InChI=1S/C16H18ClN3O/c1-3-18-14-10(2)16(20-15(19-14)11-4-5-11)21-13-8-6-12(17)7-9-13/h6-9,11H,3-5H2,1-2H3,(H,18,19,20). The van der Waals surface area contributed by atoms with Crippen LogP contribution < -0.4 is 10.1 Å². The molecule has 1 heterocycles. The van der Waals surface area contributed by atoms with Gasteiger partial charge in [0.1, 0.15) is 17.4 Å². The van der Waals surface area contributed by atoms with Crippen LogP contribution in [0.2, 0.25) is 5.02 Å². The Kier molecular flexibility index (Phi) is 3.97.